The minimum atomic E-state index is 1.06. The zero-order chi connectivity index (χ0) is 9.97. The highest BCUT2D eigenvalue weighted by molar-refractivity contribution is 5.68. The Balaban J connectivity index is 2.61. The minimum Gasteiger partial charge on any atom is -0.264 e. The van der Waals surface area contributed by atoms with Gasteiger partial charge in [0.1, 0.15) is 0 Å². The molecule has 0 atom stereocenters. The molecule has 2 rings (SSSR count). The first kappa shape index (κ1) is 8.88. The molecule has 2 heteroatoms. The average molecular weight is 184 g/mol. The maximum atomic E-state index is 4.28. The first-order valence-electron chi connectivity index (χ1n) is 4.61. The summed E-state index contributed by atoms with van der Waals surface area (Å²) < 4.78 is 0. The van der Waals surface area contributed by atoms with Crippen LogP contribution in [-0.2, 0) is 0 Å². The molecule has 0 spiro atoms. The molecule has 0 aliphatic heterocycles. The molecular formula is C12H12N2. The van der Waals surface area contributed by atoms with Gasteiger partial charge in [-0.05, 0) is 37.1 Å². The first-order valence-corrected chi connectivity index (χ1v) is 4.61. The third-order valence-electron chi connectivity index (χ3n) is 2.32. The van der Waals surface area contributed by atoms with Gasteiger partial charge in [0.05, 0.1) is 0 Å². The highest BCUT2D eigenvalue weighted by Gasteiger charge is 2.03. The Morgan fingerprint density at radius 3 is 2.57 bits per heavy atom. The fourth-order valence-electron chi connectivity index (χ4n) is 1.54. The molecule has 14 heavy (non-hydrogen) atoms. The molecule has 2 heterocycles. The lowest BCUT2D eigenvalue weighted by Gasteiger charge is -2.06. The second-order valence-electron chi connectivity index (χ2n) is 3.33. The van der Waals surface area contributed by atoms with Gasteiger partial charge >= 0.3 is 0 Å². The van der Waals surface area contributed by atoms with Crippen LogP contribution >= 0.6 is 0 Å². The lowest BCUT2D eigenvalue weighted by molar-refractivity contribution is 1.19. The maximum Gasteiger partial charge on any atom is 0.0451 e. The van der Waals surface area contributed by atoms with Crippen molar-refractivity contribution in [2.24, 2.45) is 0 Å². The molecule has 2 aromatic rings. The first-order chi connectivity index (χ1) is 6.79. The Morgan fingerprint density at radius 2 is 1.86 bits per heavy atom. The number of pyridine rings is 2. The van der Waals surface area contributed by atoms with E-state index >= 15 is 0 Å². The summed E-state index contributed by atoms with van der Waals surface area (Å²) in [5.74, 6) is 0. The fraction of sp³-hybridized carbons (Fsp3) is 0.167. The van der Waals surface area contributed by atoms with E-state index < -0.39 is 0 Å². The van der Waals surface area contributed by atoms with Crippen molar-refractivity contribution < 1.29 is 0 Å². The standard InChI is InChI=1S/C12H12N2/c1-9-8-13-7-5-11(9)12-4-3-6-14-10(12)2/h3-8H,1-2H3. The maximum absolute atomic E-state index is 4.28. The van der Waals surface area contributed by atoms with Crippen LogP contribution in [0.15, 0.2) is 36.8 Å². The van der Waals surface area contributed by atoms with E-state index in [0.29, 0.717) is 0 Å². The van der Waals surface area contributed by atoms with Gasteiger partial charge in [-0.1, -0.05) is 6.07 Å². The summed E-state index contributed by atoms with van der Waals surface area (Å²) in [5, 5.41) is 0. The smallest absolute Gasteiger partial charge is 0.0451 e. The predicted molar refractivity (Wildman–Crippen MR) is 56.9 cm³/mol. The van der Waals surface area contributed by atoms with Crippen molar-refractivity contribution >= 4 is 0 Å². The molecule has 0 saturated carbocycles. The number of rotatable bonds is 1. The molecule has 0 fully saturated rings. The number of hydrogen-bond donors (Lipinski definition) is 0. The van der Waals surface area contributed by atoms with Gasteiger partial charge in [-0.25, -0.2) is 0 Å². The van der Waals surface area contributed by atoms with Gasteiger partial charge in [0, 0.05) is 29.8 Å². The SMILES string of the molecule is Cc1cnccc1-c1cccnc1C. The van der Waals surface area contributed by atoms with Crippen LogP contribution in [0.1, 0.15) is 11.3 Å². The second kappa shape index (κ2) is 3.58. The molecule has 2 aromatic heterocycles. The monoisotopic (exact) mass is 184 g/mol. The van der Waals surface area contributed by atoms with Gasteiger partial charge in [0.25, 0.3) is 0 Å². The zero-order valence-corrected chi connectivity index (χ0v) is 8.36. The van der Waals surface area contributed by atoms with Crippen LogP contribution in [0, 0.1) is 13.8 Å². The summed E-state index contributed by atoms with van der Waals surface area (Å²) in [4.78, 5) is 8.36. The van der Waals surface area contributed by atoms with Gasteiger partial charge in [0.15, 0.2) is 0 Å². The van der Waals surface area contributed by atoms with E-state index in [-0.39, 0.29) is 0 Å². The third kappa shape index (κ3) is 1.51. The lowest BCUT2D eigenvalue weighted by atomic mass is 10.0. The molecule has 0 N–H and O–H groups in total. The Bertz CT molecular complexity index is 406. The molecule has 0 aliphatic rings. The van der Waals surface area contributed by atoms with Crippen LogP contribution in [0.2, 0.25) is 0 Å². The van der Waals surface area contributed by atoms with Crippen LogP contribution in [0.3, 0.4) is 0 Å². The van der Waals surface area contributed by atoms with Crippen molar-refractivity contribution in [1.29, 1.82) is 0 Å². The van der Waals surface area contributed by atoms with Crippen molar-refractivity contribution in [3.63, 3.8) is 0 Å². The fourth-order valence-corrected chi connectivity index (χ4v) is 1.54. The number of hydrogen-bond acceptors (Lipinski definition) is 2. The van der Waals surface area contributed by atoms with Crippen molar-refractivity contribution in [1.82, 2.24) is 9.97 Å². The van der Waals surface area contributed by atoms with E-state index in [1.54, 1.807) is 0 Å². The van der Waals surface area contributed by atoms with E-state index in [2.05, 4.69) is 23.0 Å². The lowest BCUT2D eigenvalue weighted by Crippen LogP contribution is -1.89. The molecule has 0 bridgehead atoms. The summed E-state index contributed by atoms with van der Waals surface area (Å²) in [5.41, 5.74) is 4.64. The molecule has 0 unspecified atom stereocenters. The van der Waals surface area contributed by atoms with Crippen LogP contribution in [0.5, 0.6) is 0 Å². The average Bonchev–Trinajstić information content (AvgIpc) is 2.20. The van der Waals surface area contributed by atoms with E-state index in [9.17, 15) is 0 Å². The zero-order valence-electron chi connectivity index (χ0n) is 8.36. The third-order valence-corrected chi connectivity index (χ3v) is 2.32. The largest absolute Gasteiger partial charge is 0.264 e. The normalized spacial score (nSPS) is 10.1. The Morgan fingerprint density at radius 1 is 1.00 bits per heavy atom. The quantitative estimate of drug-likeness (QED) is 0.681. The Labute approximate surface area is 83.7 Å². The number of nitrogens with zero attached hydrogens (tertiary/aromatic N) is 2. The van der Waals surface area contributed by atoms with Gasteiger partial charge in [-0.3, -0.25) is 9.97 Å². The number of aryl methyl sites for hydroxylation is 2. The van der Waals surface area contributed by atoms with E-state index in [1.807, 2.05) is 37.6 Å². The minimum absolute atomic E-state index is 1.06. The predicted octanol–water partition coefficient (Wildman–Crippen LogP) is 2.76. The highest BCUT2D eigenvalue weighted by atomic mass is 14.7. The van der Waals surface area contributed by atoms with Crippen molar-refractivity contribution in [3.8, 4) is 11.1 Å². The summed E-state index contributed by atoms with van der Waals surface area (Å²) >= 11 is 0. The molecule has 2 nitrogen and oxygen atoms in total. The van der Waals surface area contributed by atoms with Gasteiger partial charge in [-0.2, -0.15) is 0 Å². The topological polar surface area (TPSA) is 25.8 Å². The summed E-state index contributed by atoms with van der Waals surface area (Å²) in [6.45, 7) is 4.09. The summed E-state index contributed by atoms with van der Waals surface area (Å²) in [6.07, 6.45) is 5.51. The van der Waals surface area contributed by atoms with Crippen LogP contribution in [0.4, 0.5) is 0 Å². The molecule has 0 amide bonds. The summed E-state index contributed by atoms with van der Waals surface area (Å²) in [6, 6.07) is 6.08. The van der Waals surface area contributed by atoms with E-state index in [1.165, 1.54) is 16.7 Å². The van der Waals surface area contributed by atoms with Crippen LogP contribution in [0.25, 0.3) is 11.1 Å². The van der Waals surface area contributed by atoms with Crippen LogP contribution in [-0.4, -0.2) is 9.97 Å². The second-order valence-corrected chi connectivity index (χ2v) is 3.33. The van der Waals surface area contributed by atoms with Gasteiger partial charge in [-0.15, -0.1) is 0 Å². The van der Waals surface area contributed by atoms with Gasteiger partial charge in [0.2, 0.25) is 0 Å². The Kier molecular flexibility index (Phi) is 2.27. The molecular weight excluding hydrogens is 172 g/mol. The van der Waals surface area contributed by atoms with Crippen molar-refractivity contribution in [2.75, 3.05) is 0 Å². The van der Waals surface area contributed by atoms with E-state index in [4.69, 9.17) is 0 Å². The van der Waals surface area contributed by atoms with Crippen molar-refractivity contribution in [2.45, 2.75) is 13.8 Å². The molecule has 0 radical (unpaired) electrons. The number of aromatic nitrogens is 2. The molecule has 0 saturated heterocycles. The summed E-state index contributed by atoms with van der Waals surface area (Å²) in [7, 11) is 0. The van der Waals surface area contributed by atoms with Gasteiger partial charge < -0.3 is 0 Å². The Hall–Kier alpha value is -1.70. The van der Waals surface area contributed by atoms with Crippen molar-refractivity contribution in [3.05, 3.63) is 48.0 Å². The molecule has 0 aliphatic carbocycles. The highest BCUT2D eigenvalue weighted by Crippen LogP contribution is 2.23. The molecule has 70 valence electrons. The van der Waals surface area contributed by atoms with E-state index in [0.717, 1.165) is 5.69 Å². The van der Waals surface area contributed by atoms with Crippen LogP contribution < -0.4 is 0 Å². The molecule has 0 aromatic carbocycles.